The van der Waals surface area contributed by atoms with Gasteiger partial charge in [0.15, 0.2) is 5.50 Å². The monoisotopic (exact) mass is 364 g/mol. The van der Waals surface area contributed by atoms with Crippen molar-refractivity contribution in [3.8, 4) is 11.3 Å². The minimum Gasteiger partial charge on any atom is -0.354 e. The molecule has 2 N–H and O–H groups in total. The van der Waals surface area contributed by atoms with Crippen molar-refractivity contribution in [2.24, 2.45) is 4.99 Å². The van der Waals surface area contributed by atoms with Gasteiger partial charge in [0, 0.05) is 23.2 Å². The number of rotatable bonds is 5. The van der Waals surface area contributed by atoms with Crippen LogP contribution in [0.1, 0.15) is 24.4 Å². The van der Waals surface area contributed by atoms with Crippen molar-refractivity contribution in [1.82, 2.24) is 9.78 Å². The molecular formula is C20H20N4OS. The lowest BCUT2D eigenvalue weighted by atomic mass is 10.1. The summed E-state index contributed by atoms with van der Waals surface area (Å²) in [4.78, 5) is 18.6. The molecule has 0 bridgehead atoms. The molecule has 3 aromatic rings. The lowest BCUT2D eigenvalue weighted by Crippen LogP contribution is -2.25. The number of anilines is 1. The predicted molar refractivity (Wildman–Crippen MR) is 108 cm³/mol. The number of fused-ring (bicyclic) bond motifs is 1. The first-order valence-corrected chi connectivity index (χ1v) is 9.58. The summed E-state index contributed by atoms with van der Waals surface area (Å²) in [5, 5.41) is 6.70. The van der Waals surface area contributed by atoms with Crippen LogP contribution in [0, 0.1) is 0 Å². The molecule has 2 aromatic carbocycles. The van der Waals surface area contributed by atoms with E-state index in [1.165, 1.54) is 0 Å². The summed E-state index contributed by atoms with van der Waals surface area (Å²) in [7, 11) is 0. The van der Waals surface area contributed by atoms with Crippen LogP contribution in [0.3, 0.4) is 0 Å². The van der Waals surface area contributed by atoms with E-state index in [-0.39, 0.29) is 11.1 Å². The third-order valence-corrected chi connectivity index (χ3v) is 5.39. The first-order chi connectivity index (χ1) is 12.8. The first-order valence-electron chi connectivity index (χ1n) is 8.70. The van der Waals surface area contributed by atoms with E-state index in [0.29, 0.717) is 12.1 Å². The van der Waals surface area contributed by atoms with Crippen LogP contribution in [0.25, 0.3) is 11.3 Å². The van der Waals surface area contributed by atoms with Crippen molar-refractivity contribution < 1.29 is 0 Å². The van der Waals surface area contributed by atoms with Crippen LogP contribution in [0.4, 0.5) is 5.69 Å². The summed E-state index contributed by atoms with van der Waals surface area (Å²) in [6, 6.07) is 18.0. The molecule has 5 nitrogen and oxygen atoms in total. The van der Waals surface area contributed by atoms with E-state index >= 15 is 0 Å². The van der Waals surface area contributed by atoms with E-state index in [2.05, 4.69) is 28.4 Å². The SMILES string of the molecule is CCCN=Cc1c(-c2ccccc2)[nH]n([C@@H]2Nc3ccccc3S2)c1=O. The number of thioether (sulfide) groups is 1. The van der Waals surface area contributed by atoms with Crippen LogP contribution in [0.2, 0.25) is 0 Å². The highest BCUT2D eigenvalue weighted by molar-refractivity contribution is 8.00. The van der Waals surface area contributed by atoms with Gasteiger partial charge in [-0.1, -0.05) is 61.2 Å². The number of benzene rings is 2. The molecule has 26 heavy (non-hydrogen) atoms. The highest BCUT2D eigenvalue weighted by Crippen LogP contribution is 2.43. The molecule has 1 aromatic heterocycles. The third kappa shape index (κ3) is 3.08. The van der Waals surface area contributed by atoms with Crippen LogP contribution in [-0.2, 0) is 0 Å². The number of aromatic nitrogens is 2. The Morgan fingerprint density at radius 2 is 1.92 bits per heavy atom. The smallest absolute Gasteiger partial charge is 0.278 e. The number of aromatic amines is 1. The molecule has 0 saturated carbocycles. The number of aliphatic imine (C=N–C) groups is 1. The predicted octanol–water partition coefficient (Wildman–Crippen LogP) is 4.35. The van der Waals surface area contributed by atoms with E-state index in [1.54, 1.807) is 22.7 Å². The van der Waals surface area contributed by atoms with Crippen LogP contribution >= 0.6 is 11.8 Å². The third-order valence-electron chi connectivity index (χ3n) is 4.23. The van der Waals surface area contributed by atoms with Crippen LogP contribution in [0.15, 0.2) is 69.3 Å². The van der Waals surface area contributed by atoms with Crippen molar-refractivity contribution in [2.45, 2.75) is 23.7 Å². The molecule has 0 aliphatic carbocycles. The molecule has 1 aliphatic rings. The average molecular weight is 364 g/mol. The van der Waals surface area contributed by atoms with Gasteiger partial charge in [0.25, 0.3) is 5.56 Å². The molecule has 4 rings (SSSR count). The fraction of sp³-hybridized carbons (Fsp3) is 0.200. The summed E-state index contributed by atoms with van der Waals surface area (Å²) in [5.41, 5.74) is 3.15. The van der Waals surface area contributed by atoms with Gasteiger partial charge in [0.05, 0.1) is 16.9 Å². The zero-order valence-electron chi connectivity index (χ0n) is 14.5. The van der Waals surface area contributed by atoms with Crippen LogP contribution in [0.5, 0.6) is 0 Å². The molecule has 2 heterocycles. The molecule has 132 valence electrons. The molecule has 0 fully saturated rings. The summed E-state index contributed by atoms with van der Waals surface area (Å²) < 4.78 is 1.65. The van der Waals surface area contributed by atoms with Gasteiger partial charge in [-0.15, -0.1) is 0 Å². The minimum absolute atomic E-state index is 0.0680. The Hall–Kier alpha value is -2.73. The van der Waals surface area contributed by atoms with E-state index in [9.17, 15) is 4.79 Å². The number of nitrogens with one attached hydrogen (secondary N) is 2. The lowest BCUT2D eigenvalue weighted by molar-refractivity contribution is 0.639. The van der Waals surface area contributed by atoms with Gasteiger partial charge in [-0.05, 0) is 18.6 Å². The summed E-state index contributed by atoms with van der Waals surface area (Å²) >= 11 is 1.63. The number of para-hydroxylation sites is 1. The Morgan fingerprint density at radius 1 is 1.15 bits per heavy atom. The van der Waals surface area contributed by atoms with Gasteiger partial charge in [-0.3, -0.25) is 14.9 Å². The Morgan fingerprint density at radius 3 is 2.69 bits per heavy atom. The lowest BCUT2D eigenvalue weighted by Gasteiger charge is -2.11. The highest BCUT2D eigenvalue weighted by Gasteiger charge is 2.26. The van der Waals surface area contributed by atoms with Crippen molar-refractivity contribution >= 4 is 23.7 Å². The second-order valence-corrected chi connectivity index (χ2v) is 7.21. The Labute approximate surface area is 156 Å². The largest absolute Gasteiger partial charge is 0.354 e. The van der Waals surface area contributed by atoms with Crippen molar-refractivity contribution in [2.75, 3.05) is 11.9 Å². The van der Waals surface area contributed by atoms with Gasteiger partial charge in [0.2, 0.25) is 0 Å². The molecule has 1 atom stereocenters. The topological polar surface area (TPSA) is 62.2 Å². The molecule has 0 amide bonds. The molecule has 6 heteroatoms. The molecule has 1 aliphatic heterocycles. The normalized spacial score (nSPS) is 16.0. The van der Waals surface area contributed by atoms with E-state index < -0.39 is 0 Å². The van der Waals surface area contributed by atoms with Crippen molar-refractivity contribution in [3.05, 3.63) is 70.5 Å². The van der Waals surface area contributed by atoms with Gasteiger partial charge < -0.3 is 5.32 Å². The average Bonchev–Trinajstić information content (AvgIpc) is 3.24. The molecular weight excluding hydrogens is 344 g/mol. The van der Waals surface area contributed by atoms with E-state index in [4.69, 9.17) is 0 Å². The maximum atomic E-state index is 13.1. The first kappa shape index (κ1) is 16.7. The zero-order valence-corrected chi connectivity index (χ0v) is 15.3. The van der Waals surface area contributed by atoms with E-state index in [1.807, 2.05) is 48.5 Å². The summed E-state index contributed by atoms with van der Waals surface area (Å²) in [6.45, 7) is 2.78. The number of hydrogen-bond donors (Lipinski definition) is 2. The maximum Gasteiger partial charge on any atom is 0.278 e. The Balaban J connectivity index is 1.76. The quantitative estimate of drug-likeness (QED) is 0.662. The van der Waals surface area contributed by atoms with Crippen LogP contribution in [-0.4, -0.2) is 22.5 Å². The highest BCUT2D eigenvalue weighted by atomic mass is 32.2. The molecule has 0 saturated heterocycles. The zero-order chi connectivity index (χ0) is 17.9. The van der Waals surface area contributed by atoms with Gasteiger partial charge in [-0.2, -0.15) is 0 Å². The van der Waals surface area contributed by atoms with Gasteiger partial charge in [0.1, 0.15) is 0 Å². The number of H-pyrrole nitrogens is 1. The summed E-state index contributed by atoms with van der Waals surface area (Å²) in [5.74, 6) is 0. The molecule has 0 spiro atoms. The van der Waals surface area contributed by atoms with Gasteiger partial charge >= 0.3 is 0 Å². The fourth-order valence-corrected chi connectivity index (χ4v) is 4.04. The Kier molecular flexibility index (Phi) is 4.67. The fourth-order valence-electron chi connectivity index (χ4n) is 2.95. The van der Waals surface area contributed by atoms with Crippen molar-refractivity contribution in [3.63, 3.8) is 0 Å². The maximum absolute atomic E-state index is 13.1. The molecule has 0 unspecified atom stereocenters. The van der Waals surface area contributed by atoms with Gasteiger partial charge in [-0.25, -0.2) is 4.68 Å². The number of hydrogen-bond acceptors (Lipinski definition) is 4. The number of nitrogens with zero attached hydrogens (tertiary/aromatic N) is 2. The summed E-state index contributed by atoms with van der Waals surface area (Å²) in [6.07, 6.45) is 2.65. The standard InChI is InChI=1S/C20H20N4OS/c1-2-12-21-13-15-18(14-8-4-3-5-9-14)23-24(19(15)25)20-22-16-10-6-7-11-17(16)26-20/h3-11,13,20,22-23H,2,12H2,1H3/t20-/m0/s1. The second kappa shape index (κ2) is 7.25. The molecule has 0 radical (unpaired) electrons. The van der Waals surface area contributed by atoms with E-state index in [0.717, 1.165) is 28.3 Å². The Bertz CT molecular complexity index is 966. The van der Waals surface area contributed by atoms with Crippen LogP contribution < -0.4 is 10.9 Å². The second-order valence-electron chi connectivity index (χ2n) is 6.09. The van der Waals surface area contributed by atoms with Crippen molar-refractivity contribution in [1.29, 1.82) is 0 Å². The minimum atomic E-state index is -0.198.